The number of rotatable bonds is 3. The molecule has 1 amide bonds. The minimum atomic E-state index is -1.12. The molecule has 1 heterocycles. The van der Waals surface area contributed by atoms with Gasteiger partial charge in [-0.3, -0.25) is 0 Å². The molecule has 1 saturated heterocycles. The van der Waals surface area contributed by atoms with E-state index < -0.39 is 17.5 Å². The van der Waals surface area contributed by atoms with Crippen LogP contribution >= 0.6 is 11.6 Å². The molecule has 1 fully saturated rings. The summed E-state index contributed by atoms with van der Waals surface area (Å²) in [6.07, 6.45) is 0.285. The van der Waals surface area contributed by atoms with Crippen LogP contribution in [0.15, 0.2) is 48.5 Å². The second-order valence-corrected chi connectivity index (χ2v) is 6.59. The van der Waals surface area contributed by atoms with Crippen molar-refractivity contribution in [2.75, 3.05) is 13.1 Å². The minimum absolute atomic E-state index is 0.0179. The number of amides is 1. The lowest BCUT2D eigenvalue weighted by Gasteiger charge is -2.38. The average molecular weight is 364 g/mol. The average Bonchev–Trinajstić information content (AvgIpc) is 2.63. The molecule has 4 nitrogen and oxygen atoms in total. The fourth-order valence-electron chi connectivity index (χ4n) is 2.94. The molecule has 3 rings (SSSR count). The zero-order chi connectivity index (χ0) is 17.9. The number of aliphatic hydroxyl groups is 1. The number of carbonyl (C=O) groups is 1. The summed E-state index contributed by atoms with van der Waals surface area (Å²) < 4.78 is 18.6. The van der Waals surface area contributed by atoms with Gasteiger partial charge < -0.3 is 14.7 Å². The molecular formula is C19H19ClFNO3. The van der Waals surface area contributed by atoms with E-state index in [1.54, 1.807) is 4.90 Å². The number of hydrogen-bond acceptors (Lipinski definition) is 3. The van der Waals surface area contributed by atoms with E-state index in [9.17, 15) is 14.3 Å². The van der Waals surface area contributed by atoms with Crippen molar-refractivity contribution >= 4 is 17.7 Å². The molecule has 0 radical (unpaired) electrons. The van der Waals surface area contributed by atoms with E-state index in [1.807, 2.05) is 30.3 Å². The third-order valence-corrected chi connectivity index (χ3v) is 4.80. The van der Waals surface area contributed by atoms with Gasteiger partial charge in [0.05, 0.1) is 10.6 Å². The standard InChI is InChI=1S/C19H19ClFNO3/c20-16-12-15(6-7-17(16)21)19(24)8-10-22(11-9-19)18(23)25-13-14-4-2-1-3-5-14/h1-7,12,24H,8-11,13H2. The maximum absolute atomic E-state index is 13.3. The Kier molecular flexibility index (Phi) is 5.25. The SMILES string of the molecule is O=C(OCc1ccccc1)N1CCC(O)(c2ccc(F)c(Cl)c2)CC1. The second-order valence-electron chi connectivity index (χ2n) is 6.19. The topological polar surface area (TPSA) is 49.8 Å². The van der Waals surface area contributed by atoms with E-state index in [0.29, 0.717) is 31.5 Å². The Morgan fingerprint density at radius 3 is 2.52 bits per heavy atom. The van der Waals surface area contributed by atoms with E-state index in [2.05, 4.69) is 0 Å². The first-order valence-electron chi connectivity index (χ1n) is 8.11. The van der Waals surface area contributed by atoms with E-state index in [1.165, 1.54) is 18.2 Å². The van der Waals surface area contributed by atoms with Crippen molar-refractivity contribution in [1.29, 1.82) is 0 Å². The number of hydrogen-bond donors (Lipinski definition) is 1. The summed E-state index contributed by atoms with van der Waals surface area (Å²) in [4.78, 5) is 13.7. The van der Waals surface area contributed by atoms with Crippen LogP contribution in [-0.2, 0) is 16.9 Å². The highest BCUT2D eigenvalue weighted by molar-refractivity contribution is 6.30. The van der Waals surface area contributed by atoms with Crippen molar-refractivity contribution < 1.29 is 19.0 Å². The largest absolute Gasteiger partial charge is 0.445 e. The van der Waals surface area contributed by atoms with Crippen molar-refractivity contribution in [3.05, 3.63) is 70.5 Å². The number of carbonyl (C=O) groups excluding carboxylic acids is 1. The maximum Gasteiger partial charge on any atom is 0.410 e. The van der Waals surface area contributed by atoms with Gasteiger partial charge in [-0.25, -0.2) is 9.18 Å². The van der Waals surface area contributed by atoms with Gasteiger partial charge in [-0.05, 0) is 36.1 Å². The summed E-state index contributed by atoms with van der Waals surface area (Å²) in [6.45, 7) is 0.937. The summed E-state index contributed by atoms with van der Waals surface area (Å²) in [5.74, 6) is -0.518. The fraction of sp³-hybridized carbons (Fsp3) is 0.316. The summed E-state index contributed by atoms with van der Waals surface area (Å²) >= 11 is 5.80. The fourth-order valence-corrected chi connectivity index (χ4v) is 3.12. The normalized spacial score (nSPS) is 16.5. The van der Waals surface area contributed by atoms with Crippen molar-refractivity contribution in [1.82, 2.24) is 4.90 Å². The van der Waals surface area contributed by atoms with Gasteiger partial charge in [0.2, 0.25) is 0 Å². The van der Waals surface area contributed by atoms with Gasteiger partial charge in [-0.15, -0.1) is 0 Å². The first-order valence-corrected chi connectivity index (χ1v) is 8.49. The third kappa shape index (κ3) is 4.11. The zero-order valence-corrected chi connectivity index (χ0v) is 14.4. The highest BCUT2D eigenvalue weighted by Gasteiger charge is 2.36. The molecule has 0 bridgehead atoms. The van der Waals surface area contributed by atoms with Crippen LogP contribution in [0.25, 0.3) is 0 Å². The molecule has 6 heteroatoms. The molecule has 1 aliphatic heterocycles. The Morgan fingerprint density at radius 2 is 1.88 bits per heavy atom. The van der Waals surface area contributed by atoms with Crippen LogP contribution in [0.5, 0.6) is 0 Å². The minimum Gasteiger partial charge on any atom is -0.445 e. The van der Waals surface area contributed by atoms with Crippen LogP contribution in [0.3, 0.4) is 0 Å². The van der Waals surface area contributed by atoms with Crippen LogP contribution in [0, 0.1) is 5.82 Å². The van der Waals surface area contributed by atoms with Crippen molar-refractivity contribution in [2.24, 2.45) is 0 Å². The number of piperidine rings is 1. The molecule has 1 N–H and O–H groups in total. The monoisotopic (exact) mass is 363 g/mol. The molecule has 0 spiro atoms. The summed E-state index contributed by atoms with van der Waals surface area (Å²) in [5.41, 5.74) is 0.370. The summed E-state index contributed by atoms with van der Waals surface area (Å²) in [5, 5.41) is 10.8. The highest BCUT2D eigenvalue weighted by Crippen LogP contribution is 2.34. The highest BCUT2D eigenvalue weighted by atomic mass is 35.5. The molecule has 0 aromatic heterocycles. The molecule has 2 aromatic carbocycles. The molecule has 0 unspecified atom stereocenters. The van der Waals surface area contributed by atoms with Crippen LogP contribution < -0.4 is 0 Å². The van der Waals surface area contributed by atoms with Crippen LogP contribution in [0.4, 0.5) is 9.18 Å². The smallest absolute Gasteiger partial charge is 0.410 e. The Morgan fingerprint density at radius 1 is 1.20 bits per heavy atom. The van der Waals surface area contributed by atoms with E-state index in [4.69, 9.17) is 16.3 Å². The predicted molar refractivity (Wildman–Crippen MR) is 92.7 cm³/mol. The van der Waals surface area contributed by atoms with Gasteiger partial charge in [0.15, 0.2) is 0 Å². The third-order valence-electron chi connectivity index (χ3n) is 4.51. The van der Waals surface area contributed by atoms with E-state index in [-0.39, 0.29) is 11.6 Å². The quantitative estimate of drug-likeness (QED) is 0.893. The molecule has 1 aliphatic rings. The summed E-state index contributed by atoms with van der Waals surface area (Å²) in [7, 11) is 0. The van der Waals surface area contributed by atoms with E-state index in [0.717, 1.165) is 5.56 Å². The van der Waals surface area contributed by atoms with Crippen LogP contribution in [0.2, 0.25) is 5.02 Å². The molecule has 2 aromatic rings. The number of halogens is 2. The Hall–Kier alpha value is -2.11. The van der Waals surface area contributed by atoms with Gasteiger partial charge in [0.1, 0.15) is 12.4 Å². The Labute approximate surface area is 150 Å². The van der Waals surface area contributed by atoms with Gasteiger partial charge in [-0.1, -0.05) is 48.0 Å². The summed E-state index contributed by atoms with van der Waals surface area (Å²) in [6, 6.07) is 13.7. The van der Waals surface area contributed by atoms with Crippen LogP contribution in [0.1, 0.15) is 24.0 Å². The molecule has 0 saturated carbocycles. The number of nitrogens with zero attached hydrogens (tertiary/aromatic N) is 1. The van der Waals surface area contributed by atoms with Gasteiger partial charge in [0, 0.05) is 13.1 Å². The van der Waals surface area contributed by atoms with Gasteiger partial charge in [0.25, 0.3) is 0 Å². The molecular weight excluding hydrogens is 345 g/mol. The predicted octanol–water partition coefficient (Wildman–Crippen LogP) is 4.10. The number of benzene rings is 2. The number of ether oxygens (including phenoxy) is 1. The van der Waals surface area contributed by atoms with Crippen LogP contribution in [-0.4, -0.2) is 29.2 Å². The molecule has 0 atom stereocenters. The molecule has 132 valence electrons. The Bertz CT molecular complexity index is 746. The lowest BCUT2D eigenvalue weighted by atomic mass is 9.84. The maximum atomic E-state index is 13.3. The van der Waals surface area contributed by atoms with Crippen molar-refractivity contribution in [2.45, 2.75) is 25.0 Å². The van der Waals surface area contributed by atoms with Gasteiger partial charge >= 0.3 is 6.09 Å². The Balaban J connectivity index is 1.57. The van der Waals surface area contributed by atoms with Crippen molar-refractivity contribution in [3.8, 4) is 0 Å². The first kappa shape index (κ1) is 17.7. The first-order chi connectivity index (χ1) is 12.0. The lowest BCUT2D eigenvalue weighted by molar-refractivity contribution is -0.0255. The lowest BCUT2D eigenvalue weighted by Crippen LogP contribution is -2.45. The number of likely N-dealkylation sites (tertiary alicyclic amines) is 1. The van der Waals surface area contributed by atoms with Crippen molar-refractivity contribution in [3.63, 3.8) is 0 Å². The van der Waals surface area contributed by atoms with Gasteiger partial charge in [-0.2, -0.15) is 0 Å². The molecule has 0 aliphatic carbocycles. The molecule has 25 heavy (non-hydrogen) atoms. The second kappa shape index (κ2) is 7.42. The zero-order valence-electron chi connectivity index (χ0n) is 13.6. The van der Waals surface area contributed by atoms with E-state index >= 15 is 0 Å².